The molecule has 1 amide bonds. The zero-order valence-electron chi connectivity index (χ0n) is 15.0. The number of nitrogens with one attached hydrogen (secondary N) is 1. The van der Waals surface area contributed by atoms with Crippen LogP contribution in [0.1, 0.15) is 16.1 Å². The van der Waals surface area contributed by atoms with Crippen LogP contribution in [-0.4, -0.2) is 24.2 Å². The van der Waals surface area contributed by atoms with Crippen LogP contribution in [-0.2, 0) is 0 Å². The smallest absolute Gasteiger partial charge is 0.257 e. The first kappa shape index (κ1) is 19.5. The maximum atomic E-state index is 13.4. The molecular weight excluding hydrogens is 383 g/mol. The Morgan fingerprint density at radius 1 is 1.21 bits per heavy atom. The molecule has 0 saturated heterocycles. The first-order valence-corrected chi connectivity index (χ1v) is 8.78. The molecule has 0 bridgehead atoms. The molecule has 0 aliphatic carbocycles. The molecule has 1 N–H and O–H groups in total. The summed E-state index contributed by atoms with van der Waals surface area (Å²) in [6.45, 7) is 1.75. The van der Waals surface area contributed by atoms with Crippen molar-refractivity contribution < 1.29 is 18.4 Å². The number of nitrogens with zero attached hydrogens (tertiary/aromatic N) is 1. The van der Waals surface area contributed by atoms with E-state index in [2.05, 4.69) is 22.3 Å². The summed E-state index contributed by atoms with van der Waals surface area (Å²) in [6.07, 6.45) is 0. The Bertz CT molecular complexity index is 1050. The number of halogens is 2. The summed E-state index contributed by atoms with van der Waals surface area (Å²) in [7, 11) is 0. The number of carbonyl (C=O) groups excluding carboxylic acids is 1. The second-order valence-corrected chi connectivity index (χ2v) is 6.10. The molecule has 0 fully saturated rings. The molecule has 1 heterocycles. The van der Waals surface area contributed by atoms with Gasteiger partial charge in [-0.05, 0) is 25.1 Å². The molecule has 0 atom stereocenters. The third-order valence-corrected chi connectivity index (χ3v) is 4.15. The van der Waals surface area contributed by atoms with E-state index in [1.165, 1.54) is 12.1 Å². The number of amides is 1. The van der Waals surface area contributed by atoms with Crippen LogP contribution in [0.25, 0.3) is 11.3 Å². The van der Waals surface area contributed by atoms with E-state index in [9.17, 15) is 9.18 Å². The van der Waals surface area contributed by atoms with E-state index in [0.717, 1.165) is 0 Å². The highest BCUT2D eigenvalue weighted by Gasteiger charge is 2.22. The van der Waals surface area contributed by atoms with Gasteiger partial charge in [-0.1, -0.05) is 58.9 Å². The minimum atomic E-state index is -0.451. The Labute approximate surface area is 166 Å². The Balaban J connectivity index is 1.60. The fraction of sp³-hybridized carbons (Fsp3) is 0.143. The van der Waals surface area contributed by atoms with E-state index < -0.39 is 5.82 Å². The molecule has 7 heteroatoms. The molecule has 3 rings (SSSR count). The van der Waals surface area contributed by atoms with Crippen LogP contribution in [0.2, 0.25) is 5.02 Å². The molecule has 0 radical (unpaired) electrons. The number of hydrogen-bond acceptors (Lipinski definition) is 4. The number of carbonyl (C=O) groups is 1. The molecule has 5 nitrogen and oxygen atoms in total. The van der Waals surface area contributed by atoms with Gasteiger partial charge < -0.3 is 14.6 Å². The minimum Gasteiger partial charge on any atom is -0.478 e. The molecule has 2 aromatic carbocycles. The summed E-state index contributed by atoms with van der Waals surface area (Å²) in [4.78, 5) is 12.5. The van der Waals surface area contributed by atoms with Crippen molar-refractivity contribution in [3.05, 3.63) is 70.7 Å². The van der Waals surface area contributed by atoms with Crippen LogP contribution >= 0.6 is 11.6 Å². The highest BCUT2D eigenvalue weighted by molar-refractivity contribution is 6.33. The Hall–Kier alpha value is -3.30. The second kappa shape index (κ2) is 9.07. The zero-order chi connectivity index (χ0) is 19.9. The topological polar surface area (TPSA) is 64.4 Å². The van der Waals surface area contributed by atoms with Crippen molar-refractivity contribution in [1.82, 2.24) is 10.5 Å². The van der Waals surface area contributed by atoms with E-state index in [0.29, 0.717) is 27.6 Å². The van der Waals surface area contributed by atoms with Crippen molar-refractivity contribution in [3.8, 4) is 28.8 Å². The van der Waals surface area contributed by atoms with Gasteiger partial charge >= 0.3 is 0 Å². The lowest BCUT2D eigenvalue weighted by atomic mass is 10.1. The number of para-hydroxylation sites is 1. The molecule has 28 heavy (non-hydrogen) atoms. The van der Waals surface area contributed by atoms with Crippen LogP contribution in [0.5, 0.6) is 5.75 Å². The first-order chi connectivity index (χ1) is 13.6. The Morgan fingerprint density at radius 3 is 2.75 bits per heavy atom. The van der Waals surface area contributed by atoms with Gasteiger partial charge in [-0.25, -0.2) is 4.39 Å². The van der Waals surface area contributed by atoms with E-state index >= 15 is 0 Å². The molecular formula is C21H16ClFN2O3. The number of hydrogen-bond donors (Lipinski definition) is 1. The highest BCUT2D eigenvalue weighted by atomic mass is 35.5. The monoisotopic (exact) mass is 398 g/mol. The molecule has 0 aliphatic rings. The standard InChI is InChI=1S/C21H16ClFN2O3/c1-14-19(20(25-28-14)15-8-2-3-9-16(15)22)21(26)24-12-6-7-13-27-18-11-5-4-10-17(18)23/h2-5,8-11H,12-13H2,1H3,(H,24,26). The lowest BCUT2D eigenvalue weighted by Crippen LogP contribution is -2.24. The van der Waals surface area contributed by atoms with E-state index in [4.69, 9.17) is 20.9 Å². The highest BCUT2D eigenvalue weighted by Crippen LogP contribution is 2.30. The average molecular weight is 399 g/mol. The average Bonchev–Trinajstić information content (AvgIpc) is 3.07. The first-order valence-electron chi connectivity index (χ1n) is 8.40. The summed E-state index contributed by atoms with van der Waals surface area (Å²) >= 11 is 6.19. The minimum absolute atomic E-state index is 0.00791. The van der Waals surface area contributed by atoms with E-state index in [-0.39, 0.29) is 24.8 Å². The molecule has 142 valence electrons. The van der Waals surface area contributed by atoms with Gasteiger partial charge in [-0.3, -0.25) is 4.79 Å². The fourth-order valence-electron chi connectivity index (χ4n) is 2.48. The summed E-state index contributed by atoms with van der Waals surface area (Å²) in [5.41, 5.74) is 1.28. The van der Waals surface area contributed by atoms with Crippen LogP contribution in [0.15, 0.2) is 53.1 Å². The largest absolute Gasteiger partial charge is 0.478 e. The molecule has 0 spiro atoms. The van der Waals surface area contributed by atoms with Crippen LogP contribution < -0.4 is 10.1 Å². The van der Waals surface area contributed by atoms with Gasteiger partial charge in [0, 0.05) is 5.56 Å². The van der Waals surface area contributed by atoms with Gasteiger partial charge in [-0.2, -0.15) is 0 Å². The lowest BCUT2D eigenvalue weighted by Gasteiger charge is -2.04. The quantitative estimate of drug-likeness (QED) is 0.652. The maximum absolute atomic E-state index is 13.4. The zero-order valence-corrected chi connectivity index (χ0v) is 15.7. The fourth-order valence-corrected chi connectivity index (χ4v) is 2.70. The molecule has 1 aromatic heterocycles. The lowest BCUT2D eigenvalue weighted by molar-refractivity contribution is 0.0957. The molecule has 0 unspecified atom stereocenters. The number of aryl methyl sites for hydroxylation is 1. The second-order valence-electron chi connectivity index (χ2n) is 5.70. The van der Waals surface area contributed by atoms with Crippen LogP contribution in [0.3, 0.4) is 0 Å². The van der Waals surface area contributed by atoms with Gasteiger partial charge in [-0.15, -0.1) is 0 Å². The maximum Gasteiger partial charge on any atom is 0.257 e. The predicted molar refractivity (Wildman–Crippen MR) is 104 cm³/mol. The number of rotatable bonds is 5. The molecule has 0 saturated carbocycles. The number of aromatic nitrogens is 1. The van der Waals surface area contributed by atoms with Gasteiger partial charge in [0.15, 0.2) is 11.6 Å². The molecule has 3 aromatic rings. The van der Waals surface area contributed by atoms with Crippen molar-refractivity contribution in [2.24, 2.45) is 0 Å². The van der Waals surface area contributed by atoms with E-state index in [1.807, 2.05) is 0 Å². The number of benzene rings is 2. The van der Waals surface area contributed by atoms with Gasteiger partial charge in [0.05, 0.1) is 11.6 Å². The van der Waals surface area contributed by atoms with Crippen molar-refractivity contribution in [2.75, 3.05) is 13.2 Å². The van der Waals surface area contributed by atoms with Crippen LogP contribution in [0.4, 0.5) is 4.39 Å². The van der Waals surface area contributed by atoms with Crippen molar-refractivity contribution in [2.45, 2.75) is 6.92 Å². The normalized spacial score (nSPS) is 10.1. The summed E-state index contributed by atoms with van der Waals surface area (Å²) in [6, 6.07) is 13.1. The third-order valence-electron chi connectivity index (χ3n) is 3.82. The van der Waals surface area contributed by atoms with Gasteiger partial charge in [0.25, 0.3) is 5.91 Å². The Kier molecular flexibility index (Phi) is 6.30. The summed E-state index contributed by atoms with van der Waals surface area (Å²) < 4.78 is 23.8. The van der Waals surface area contributed by atoms with E-state index in [1.54, 1.807) is 43.3 Å². The van der Waals surface area contributed by atoms with Crippen molar-refractivity contribution in [3.63, 3.8) is 0 Å². The summed E-state index contributed by atoms with van der Waals surface area (Å²) in [5.74, 6) is 5.15. The van der Waals surface area contributed by atoms with Gasteiger partial charge in [0.1, 0.15) is 23.6 Å². The predicted octanol–water partition coefficient (Wildman–Crippen LogP) is 4.25. The number of ether oxygens (including phenoxy) is 1. The summed E-state index contributed by atoms with van der Waals surface area (Å²) in [5, 5.41) is 7.10. The SMILES string of the molecule is Cc1onc(-c2ccccc2Cl)c1C(=O)NCC#CCOc1ccccc1F. The Morgan fingerprint density at radius 2 is 1.96 bits per heavy atom. The van der Waals surface area contributed by atoms with Crippen molar-refractivity contribution >= 4 is 17.5 Å². The van der Waals surface area contributed by atoms with Crippen molar-refractivity contribution in [1.29, 1.82) is 0 Å². The van der Waals surface area contributed by atoms with Crippen LogP contribution in [0, 0.1) is 24.6 Å². The molecule has 0 aliphatic heterocycles. The third kappa shape index (κ3) is 4.51. The van der Waals surface area contributed by atoms with Gasteiger partial charge in [0.2, 0.25) is 0 Å².